The molecule has 34 heavy (non-hydrogen) atoms. The molecule has 1 heterocycles. The predicted molar refractivity (Wildman–Crippen MR) is 128 cm³/mol. The van der Waals surface area contributed by atoms with Gasteiger partial charge in [0.05, 0.1) is 6.21 Å². The molecule has 0 unspecified atom stereocenters. The normalized spacial score (nSPS) is 11.4. The molecule has 0 atom stereocenters. The van der Waals surface area contributed by atoms with E-state index in [0.29, 0.717) is 16.8 Å². The molecule has 172 valence electrons. The number of hydrazone groups is 1. The molecule has 0 saturated heterocycles. The molecule has 9 heteroatoms. The molecule has 3 aromatic carbocycles. The number of pyridine rings is 1. The first-order valence-electron chi connectivity index (χ1n) is 10.3. The van der Waals surface area contributed by atoms with Crippen LogP contribution in [-0.2, 0) is 14.9 Å². The Morgan fingerprint density at radius 2 is 1.71 bits per heavy atom. The molecule has 4 aromatic rings. The second kappa shape index (κ2) is 10.1. The van der Waals surface area contributed by atoms with Crippen LogP contribution < -0.4 is 14.3 Å². The number of benzene rings is 3. The van der Waals surface area contributed by atoms with Crippen LogP contribution in [0, 0.1) is 6.92 Å². The second-order valence-corrected chi connectivity index (χ2v) is 8.85. The molecule has 1 aromatic heterocycles. The van der Waals surface area contributed by atoms with Gasteiger partial charge in [0, 0.05) is 17.1 Å². The Labute approximate surface area is 197 Å². The van der Waals surface area contributed by atoms with Gasteiger partial charge in [-0.05, 0) is 43.3 Å². The summed E-state index contributed by atoms with van der Waals surface area (Å²) in [6.45, 7) is 1.59. The average Bonchev–Trinajstić information content (AvgIpc) is 2.84. The first kappa shape index (κ1) is 22.9. The van der Waals surface area contributed by atoms with Crippen molar-refractivity contribution in [3.63, 3.8) is 0 Å². The van der Waals surface area contributed by atoms with E-state index >= 15 is 0 Å². The zero-order valence-electron chi connectivity index (χ0n) is 18.2. The fraction of sp³-hybridized carbons (Fsp3) is 0.0800. The summed E-state index contributed by atoms with van der Waals surface area (Å²) in [5.74, 6) is 0.0753. The van der Waals surface area contributed by atoms with Crippen LogP contribution in [0.25, 0.3) is 10.9 Å². The highest BCUT2D eigenvalue weighted by molar-refractivity contribution is 7.87. The van der Waals surface area contributed by atoms with Crippen molar-refractivity contribution in [1.82, 2.24) is 10.4 Å². The van der Waals surface area contributed by atoms with Crippen LogP contribution in [0.15, 0.2) is 95.1 Å². The van der Waals surface area contributed by atoms with Gasteiger partial charge >= 0.3 is 10.1 Å². The summed E-state index contributed by atoms with van der Waals surface area (Å²) in [6.07, 6.45) is 2.95. The van der Waals surface area contributed by atoms with E-state index in [2.05, 4.69) is 15.5 Å². The first-order valence-corrected chi connectivity index (χ1v) is 11.7. The molecule has 0 bridgehead atoms. The number of hydrogen-bond donors (Lipinski definition) is 1. The molecule has 0 aliphatic carbocycles. The topological polar surface area (TPSA) is 107 Å². The van der Waals surface area contributed by atoms with Gasteiger partial charge in [0.1, 0.15) is 16.2 Å². The van der Waals surface area contributed by atoms with Crippen LogP contribution in [0.5, 0.6) is 11.5 Å². The standard InChI is InChI=1S/C25H21N3O5S/c1-18-11-13-21(14-12-18)34(30,31)33-22-9-3-2-6-20(22)16-27-28-24(29)17-32-23-10-4-7-19-8-5-15-26-25(19)23/h2-16H,17H2,1H3,(H,28,29)/b27-16-. The van der Waals surface area contributed by atoms with Crippen molar-refractivity contribution in [3.05, 3.63) is 96.2 Å². The van der Waals surface area contributed by atoms with Crippen LogP contribution in [0.2, 0.25) is 0 Å². The van der Waals surface area contributed by atoms with Crippen molar-refractivity contribution in [3.8, 4) is 11.5 Å². The van der Waals surface area contributed by atoms with E-state index in [1.54, 1.807) is 42.6 Å². The number of amides is 1. The fourth-order valence-corrected chi connectivity index (χ4v) is 4.03. The van der Waals surface area contributed by atoms with Crippen LogP contribution in [0.3, 0.4) is 0 Å². The SMILES string of the molecule is Cc1ccc(S(=O)(=O)Oc2ccccc2/C=N\NC(=O)COc2cccc3cccnc23)cc1. The molecule has 4 rings (SSSR count). The van der Waals surface area contributed by atoms with Gasteiger partial charge in [-0.2, -0.15) is 13.5 Å². The van der Waals surface area contributed by atoms with Gasteiger partial charge in [-0.25, -0.2) is 5.43 Å². The zero-order chi connectivity index (χ0) is 24.0. The van der Waals surface area contributed by atoms with Gasteiger partial charge in [0.15, 0.2) is 12.4 Å². The number of nitrogens with one attached hydrogen (secondary N) is 1. The quantitative estimate of drug-likeness (QED) is 0.236. The number of para-hydroxylation sites is 2. The number of nitrogens with zero attached hydrogens (tertiary/aromatic N) is 2. The molecule has 0 fully saturated rings. The summed E-state index contributed by atoms with van der Waals surface area (Å²) in [5, 5.41) is 4.79. The highest BCUT2D eigenvalue weighted by atomic mass is 32.2. The van der Waals surface area contributed by atoms with E-state index in [1.807, 2.05) is 31.2 Å². The Balaban J connectivity index is 1.39. The molecule has 8 nitrogen and oxygen atoms in total. The second-order valence-electron chi connectivity index (χ2n) is 7.30. The molecule has 0 saturated carbocycles. The van der Waals surface area contributed by atoms with Gasteiger partial charge < -0.3 is 8.92 Å². The Morgan fingerprint density at radius 1 is 0.971 bits per heavy atom. The molecule has 1 N–H and O–H groups in total. The molecule has 0 spiro atoms. The molecule has 0 radical (unpaired) electrons. The maximum Gasteiger partial charge on any atom is 0.339 e. The minimum Gasteiger partial charge on any atom is -0.481 e. The van der Waals surface area contributed by atoms with Gasteiger partial charge in [-0.15, -0.1) is 0 Å². The highest BCUT2D eigenvalue weighted by Crippen LogP contribution is 2.23. The highest BCUT2D eigenvalue weighted by Gasteiger charge is 2.18. The Morgan fingerprint density at radius 3 is 2.53 bits per heavy atom. The maximum atomic E-state index is 12.6. The number of carbonyl (C=O) groups excluding carboxylic acids is 1. The monoisotopic (exact) mass is 475 g/mol. The number of hydrogen-bond acceptors (Lipinski definition) is 7. The van der Waals surface area contributed by atoms with Crippen LogP contribution in [0.4, 0.5) is 0 Å². The summed E-state index contributed by atoms with van der Waals surface area (Å²) in [4.78, 5) is 16.5. The van der Waals surface area contributed by atoms with E-state index in [0.717, 1.165) is 10.9 Å². The molecule has 1 amide bonds. The number of carbonyl (C=O) groups is 1. The van der Waals surface area contributed by atoms with Crippen molar-refractivity contribution in [2.75, 3.05) is 6.61 Å². The molecular formula is C25H21N3O5S. The average molecular weight is 476 g/mol. The van der Waals surface area contributed by atoms with Crippen LogP contribution >= 0.6 is 0 Å². The van der Waals surface area contributed by atoms with E-state index in [4.69, 9.17) is 8.92 Å². The number of fused-ring (bicyclic) bond motifs is 1. The molecule has 0 aliphatic heterocycles. The summed E-state index contributed by atoms with van der Waals surface area (Å²) >= 11 is 0. The maximum absolute atomic E-state index is 12.6. The largest absolute Gasteiger partial charge is 0.481 e. The van der Waals surface area contributed by atoms with Crippen molar-refractivity contribution in [2.24, 2.45) is 5.10 Å². The first-order chi connectivity index (χ1) is 16.4. The molecular weight excluding hydrogens is 454 g/mol. The van der Waals surface area contributed by atoms with Crippen molar-refractivity contribution < 1.29 is 22.1 Å². The third-order valence-electron chi connectivity index (χ3n) is 4.78. The number of aryl methyl sites for hydroxylation is 1. The smallest absolute Gasteiger partial charge is 0.339 e. The summed E-state index contributed by atoms with van der Waals surface area (Å²) < 4.78 is 36.1. The lowest BCUT2D eigenvalue weighted by molar-refractivity contribution is -0.123. The van der Waals surface area contributed by atoms with Gasteiger partial charge in [-0.3, -0.25) is 9.78 Å². The van der Waals surface area contributed by atoms with E-state index in [1.165, 1.54) is 24.4 Å². The Kier molecular flexibility index (Phi) is 6.84. The van der Waals surface area contributed by atoms with E-state index in [9.17, 15) is 13.2 Å². The minimum atomic E-state index is -4.03. The minimum absolute atomic E-state index is 0.0400. The van der Waals surface area contributed by atoms with Gasteiger partial charge in [0.2, 0.25) is 0 Å². The van der Waals surface area contributed by atoms with Gasteiger partial charge in [0.25, 0.3) is 5.91 Å². The van der Waals surface area contributed by atoms with Crippen molar-refractivity contribution in [2.45, 2.75) is 11.8 Å². The van der Waals surface area contributed by atoms with Crippen molar-refractivity contribution >= 4 is 33.1 Å². The summed E-state index contributed by atoms with van der Waals surface area (Å²) in [5.41, 5.74) is 4.32. The van der Waals surface area contributed by atoms with Gasteiger partial charge in [-0.1, -0.05) is 48.0 Å². The predicted octanol–water partition coefficient (Wildman–Crippen LogP) is 3.84. The zero-order valence-corrected chi connectivity index (χ0v) is 19.0. The van der Waals surface area contributed by atoms with Crippen LogP contribution in [0.1, 0.15) is 11.1 Å². The lowest BCUT2D eigenvalue weighted by atomic mass is 10.2. The molecule has 0 aliphatic rings. The number of aromatic nitrogens is 1. The lowest BCUT2D eigenvalue weighted by Crippen LogP contribution is -2.24. The Bertz CT molecular complexity index is 1450. The van der Waals surface area contributed by atoms with Crippen LogP contribution in [-0.4, -0.2) is 32.1 Å². The third-order valence-corrected chi connectivity index (χ3v) is 6.02. The number of rotatable bonds is 8. The fourth-order valence-electron chi connectivity index (χ4n) is 3.08. The third kappa shape index (κ3) is 5.57. The summed E-state index contributed by atoms with van der Waals surface area (Å²) in [6, 6.07) is 22.0. The summed E-state index contributed by atoms with van der Waals surface area (Å²) in [7, 11) is -4.03. The van der Waals surface area contributed by atoms with E-state index < -0.39 is 16.0 Å². The lowest BCUT2D eigenvalue weighted by Gasteiger charge is -2.09. The Hall–Kier alpha value is -4.24. The van der Waals surface area contributed by atoms with Crippen molar-refractivity contribution in [1.29, 1.82) is 0 Å². The number of ether oxygens (including phenoxy) is 1. The van der Waals surface area contributed by atoms with E-state index in [-0.39, 0.29) is 17.3 Å².